The minimum atomic E-state index is -3.49. The molecule has 10 heteroatoms. The van der Waals surface area contributed by atoms with Gasteiger partial charge in [-0.3, -0.25) is 0 Å². The Bertz CT molecular complexity index is 1010. The van der Waals surface area contributed by atoms with Gasteiger partial charge in [-0.15, -0.1) is 0 Å². The molecule has 3 aliphatic rings. The second-order valence-corrected chi connectivity index (χ2v) is 10.6. The first-order valence-electron chi connectivity index (χ1n) is 10.1. The molecule has 3 aliphatic carbocycles. The summed E-state index contributed by atoms with van der Waals surface area (Å²) >= 11 is 0. The number of rotatable bonds is 7. The van der Waals surface area contributed by atoms with E-state index in [2.05, 4.69) is 20.2 Å². The monoisotopic (exact) mass is 440 g/mol. The van der Waals surface area contributed by atoms with Crippen molar-refractivity contribution >= 4 is 15.7 Å². The first-order valence-corrected chi connectivity index (χ1v) is 11.6. The van der Waals surface area contributed by atoms with Gasteiger partial charge in [0.1, 0.15) is 0 Å². The maximum Gasteiger partial charge on any atom is 0.322 e. The maximum absolute atomic E-state index is 13.5. The molecule has 2 aromatic rings. The second kappa shape index (κ2) is 7.26. The minimum Gasteiger partial charge on any atom is -0.384 e. The fourth-order valence-electron chi connectivity index (χ4n) is 4.66. The smallest absolute Gasteiger partial charge is 0.322 e. The van der Waals surface area contributed by atoms with Gasteiger partial charge in [-0.25, -0.2) is 13.1 Å². The van der Waals surface area contributed by atoms with Crippen molar-refractivity contribution in [2.45, 2.75) is 61.7 Å². The van der Waals surface area contributed by atoms with E-state index in [0.29, 0.717) is 5.82 Å². The van der Waals surface area contributed by atoms with Crippen molar-refractivity contribution in [3.63, 3.8) is 0 Å². The zero-order chi connectivity index (χ0) is 21.6. The Morgan fingerprint density at radius 3 is 2.40 bits per heavy atom. The molecule has 30 heavy (non-hydrogen) atoms. The van der Waals surface area contributed by atoms with Crippen LogP contribution in [0.1, 0.15) is 57.2 Å². The molecule has 2 bridgehead atoms. The van der Waals surface area contributed by atoms with Crippen molar-refractivity contribution < 1.29 is 21.7 Å². The van der Waals surface area contributed by atoms with E-state index in [-0.39, 0.29) is 15.7 Å². The normalized spacial score (nSPS) is 26.7. The summed E-state index contributed by atoms with van der Waals surface area (Å²) in [5.41, 5.74) is 0.576. The zero-order valence-corrected chi connectivity index (χ0v) is 17.9. The Hall–Kier alpha value is -2.07. The summed E-state index contributed by atoms with van der Waals surface area (Å²) in [6.45, 7) is 1.49. The topological polar surface area (TPSA) is 97.1 Å². The third kappa shape index (κ3) is 3.82. The van der Waals surface area contributed by atoms with Crippen molar-refractivity contribution in [3.05, 3.63) is 36.0 Å². The van der Waals surface area contributed by atoms with Gasteiger partial charge < -0.3 is 9.84 Å². The average molecular weight is 441 g/mol. The highest BCUT2D eigenvalue weighted by atomic mass is 32.2. The number of aromatic nitrogens is 2. The van der Waals surface area contributed by atoms with Crippen LogP contribution in [0.2, 0.25) is 0 Å². The predicted molar refractivity (Wildman–Crippen MR) is 107 cm³/mol. The fourth-order valence-corrected chi connectivity index (χ4v) is 5.44. The van der Waals surface area contributed by atoms with E-state index in [4.69, 9.17) is 4.52 Å². The summed E-state index contributed by atoms with van der Waals surface area (Å²) in [4.78, 5) is 4.25. The molecule has 1 aromatic carbocycles. The van der Waals surface area contributed by atoms with Crippen molar-refractivity contribution in [2.75, 3.05) is 18.9 Å². The van der Waals surface area contributed by atoms with Crippen LogP contribution in [-0.2, 0) is 21.4 Å². The number of alkyl halides is 2. The molecule has 0 aliphatic heterocycles. The molecule has 0 unspecified atom stereocenters. The number of nitrogens with one attached hydrogen (secondary N) is 2. The molecule has 0 radical (unpaired) electrons. The number of nitrogens with zero attached hydrogens (tertiary/aromatic N) is 2. The lowest BCUT2D eigenvalue weighted by atomic mass is 9.53. The lowest BCUT2D eigenvalue weighted by Crippen LogP contribution is -2.47. The minimum absolute atomic E-state index is 0.0981. The first kappa shape index (κ1) is 21.2. The Balaban J connectivity index is 1.43. The van der Waals surface area contributed by atoms with Crippen molar-refractivity contribution in [3.8, 4) is 0 Å². The molecule has 1 heterocycles. The summed E-state index contributed by atoms with van der Waals surface area (Å²) in [6.07, 6.45) is 5.29. The molecule has 0 atom stereocenters. The Morgan fingerprint density at radius 2 is 1.83 bits per heavy atom. The summed E-state index contributed by atoms with van der Waals surface area (Å²) < 4.78 is 58.1. The molecule has 2 N–H and O–H groups in total. The van der Waals surface area contributed by atoms with E-state index >= 15 is 0 Å². The molecule has 0 saturated heterocycles. The van der Waals surface area contributed by atoms with E-state index in [1.165, 1.54) is 7.05 Å². The molecular formula is C20H26F2N4O3S. The van der Waals surface area contributed by atoms with Gasteiger partial charge in [-0.2, -0.15) is 13.8 Å². The Kier molecular flexibility index (Phi) is 5.13. The van der Waals surface area contributed by atoms with E-state index < -0.39 is 21.8 Å². The number of benzene rings is 1. The number of halogens is 2. The van der Waals surface area contributed by atoms with Gasteiger partial charge in [-0.1, -0.05) is 11.2 Å². The summed E-state index contributed by atoms with van der Waals surface area (Å²) in [6, 6.07) is 6.76. The molecular weight excluding hydrogens is 414 g/mol. The standard InChI is InChI=1S/C20H26F2N4O3S/c1-18(21,22)17-25-16(26-29-17)20-9-6-19(7-10-20,8-11-20)13-24-14-4-3-5-15(12-14)30(27,28)23-2/h3-5,12,23-24H,6-11,13H2,1-2H3. The SMILES string of the molecule is CNS(=O)(=O)c1cccc(NCC23CCC(c4noc(C(C)(F)F)n4)(CC2)CC3)c1. The molecule has 164 valence electrons. The molecule has 1 aromatic heterocycles. The summed E-state index contributed by atoms with van der Waals surface area (Å²) in [5.74, 6) is -3.34. The fraction of sp³-hybridized carbons (Fsp3) is 0.600. The van der Waals surface area contributed by atoms with Crippen LogP contribution in [0.15, 0.2) is 33.7 Å². The first-order chi connectivity index (χ1) is 14.1. The highest BCUT2D eigenvalue weighted by Gasteiger charge is 2.52. The van der Waals surface area contributed by atoms with E-state index in [1.807, 2.05) is 6.07 Å². The largest absolute Gasteiger partial charge is 0.384 e. The molecule has 7 nitrogen and oxygen atoms in total. The van der Waals surface area contributed by atoms with Gasteiger partial charge in [-0.05, 0) is 69.2 Å². The van der Waals surface area contributed by atoms with Gasteiger partial charge in [0.25, 0.3) is 5.89 Å². The van der Waals surface area contributed by atoms with Crippen LogP contribution < -0.4 is 10.0 Å². The number of hydrogen-bond donors (Lipinski definition) is 2. The number of fused-ring (bicyclic) bond motifs is 3. The molecule has 0 spiro atoms. The van der Waals surface area contributed by atoms with Crippen LogP contribution in [0.25, 0.3) is 0 Å². The third-order valence-electron chi connectivity index (χ3n) is 6.76. The van der Waals surface area contributed by atoms with Gasteiger partial charge >= 0.3 is 5.92 Å². The Labute approximate surface area is 174 Å². The van der Waals surface area contributed by atoms with E-state index in [1.54, 1.807) is 18.2 Å². The maximum atomic E-state index is 13.5. The predicted octanol–water partition coefficient (Wildman–Crippen LogP) is 3.79. The third-order valence-corrected chi connectivity index (χ3v) is 8.17. The van der Waals surface area contributed by atoms with Gasteiger partial charge in [0.05, 0.1) is 4.90 Å². The number of hydrogen-bond acceptors (Lipinski definition) is 6. The van der Waals surface area contributed by atoms with Crippen LogP contribution in [0, 0.1) is 5.41 Å². The van der Waals surface area contributed by atoms with Crippen molar-refractivity contribution in [1.82, 2.24) is 14.9 Å². The van der Waals surface area contributed by atoms with Gasteiger partial charge in [0.2, 0.25) is 10.0 Å². The van der Waals surface area contributed by atoms with Crippen molar-refractivity contribution in [1.29, 1.82) is 0 Å². The molecule has 0 amide bonds. The van der Waals surface area contributed by atoms with Crippen LogP contribution in [-0.4, -0.2) is 32.2 Å². The highest BCUT2D eigenvalue weighted by Crippen LogP contribution is 2.57. The lowest BCUT2D eigenvalue weighted by molar-refractivity contribution is -0.0158. The molecule has 5 rings (SSSR count). The highest BCUT2D eigenvalue weighted by molar-refractivity contribution is 7.89. The van der Waals surface area contributed by atoms with Crippen LogP contribution in [0.5, 0.6) is 0 Å². The van der Waals surface area contributed by atoms with E-state index in [9.17, 15) is 17.2 Å². The van der Waals surface area contributed by atoms with Gasteiger partial charge in [0.15, 0.2) is 5.82 Å². The van der Waals surface area contributed by atoms with Crippen LogP contribution >= 0.6 is 0 Å². The summed E-state index contributed by atoms with van der Waals surface area (Å²) in [7, 11) is -2.10. The average Bonchev–Trinajstić information content (AvgIpc) is 3.26. The lowest BCUT2D eigenvalue weighted by Gasteiger charge is -2.52. The Morgan fingerprint density at radius 1 is 1.17 bits per heavy atom. The zero-order valence-electron chi connectivity index (χ0n) is 17.0. The molecule has 3 saturated carbocycles. The molecule has 3 fully saturated rings. The van der Waals surface area contributed by atoms with Crippen molar-refractivity contribution in [2.24, 2.45) is 5.41 Å². The number of sulfonamides is 1. The quantitative estimate of drug-likeness (QED) is 0.680. The second-order valence-electron chi connectivity index (χ2n) is 8.68. The van der Waals surface area contributed by atoms with Gasteiger partial charge in [0, 0.05) is 24.6 Å². The number of anilines is 1. The van der Waals surface area contributed by atoms with Crippen LogP contribution in [0.3, 0.4) is 0 Å². The van der Waals surface area contributed by atoms with Crippen LogP contribution in [0.4, 0.5) is 14.5 Å². The van der Waals surface area contributed by atoms with E-state index in [0.717, 1.165) is 57.7 Å². The summed E-state index contributed by atoms with van der Waals surface area (Å²) in [5, 5.41) is 7.29.